The van der Waals surface area contributed by atoms with Crippen molar-refractivity contribution < 1.29 is 8.78 Å². The SMILES string of the molecule is Fc1ccc(-c2nc(Cl)nc(-c3ccc(F)cc3)n2)cc1. The minimum atomic E-state index is -0.349. The molecule has 0 spiro atoms. The maximum atomic E-state index is 12.9. The Kier molecular flexibility index (Phi) is 3.58. The lowest BCUT2D eigenvalue weighted by atomic mass is 10.2. The van der Waals surface area contributed by atoms with Gasteiger partial charge in [-0.3, -0.25) is 0 Å². The van der Waals surface area contributed by atoms with Crippen molar-refractivity contribution in [3.05, 3.63) is 65.4 Å². The second kappa shape index (κ2) is 5.54. The Balaban J connectivity index is 2.07. The van der Waals surface area contributed by atoms with E-state index < -0.39 is 0 Å². The molecular formula is C15H8ClF2N3. The molecular weight excluding hydrogens is 296 g/mol. The lowest BCUT2D eigenvalue weighted by Gasteiger charge is -2.04. The zero-order chi connectivity index (χ0) is 14.8. The van der Waals surface area contributed by atoms with Gasteiger partial charge in [-0.15, -0.1) is 0 Å². The van der Waals surface area contributed by atoms with Crippen molar-refractivity contribution >= 4 is 11.6 Å². The van der Waals surface area contributed by atoms with E-state index in [1.54, 1.807) is 24.3 Å². The first-order valence-electron chi connectivity index (χ1n) is 6.05. The highest BCUT2D eigenvalue weighted by atomic mass is 35.5. The normalized spacial score (nSPS) is 10.6. The van der Waals surface area contributed by atoms with Crippen LogP contribution in [0, 0.1) is 11.6 Å². The van der Waals surface area contributed by atoms with Gasteiger partial charge in [-0.1, -0.05) is 0 Å². The molecule has 0 amide bonds. The van der Waals surface area contributed by atoms with E-state index in [0.717, 1.165) is 0 Å². The van der Waals surface area contributed by atoms with Crippen LogP contribution in [0.1, 0.15) is 0 Å². The van der Waals surface area contributed by atoms with Gasteiger partial charge in [-0.25, -0.2) is 13.8 Å². The average Bonchev–Trinajstić information content (AvgIpc) is 2.48. The van der Waals surface area contributed by atoms with E-state index in [2.05, 4.69) is 15.0 Å². The van der Waals surface area contributed by atoms with E-state index in [-0.39, 0.29) is 16.9 Å². The predicted octanol–water partition coefficient (Wildman–Crippen LogP) is 4.14. The molecule has 1 heterocycles. The Morgan fingerprint density at radius 2 is 1.00 bits per heavy atom. The zero-order valence-corrected chi connectivity index (χ0v) is 11.4. The van der Waals surface area contributed by atoms with Gasteiger partial charge in [0.25, 0.3) is 0 Å². The molecule has 0 saturated heterocycles. The molecule has 0 fully saturated rings. The van der Waals surface area contributed by atoms with Crippen LogP contribution in [0.4, 0.5) is 8.78 Å². The molecule has 0 aliphatic carbocycles. The lowest BCUT2D eigenvalue weighted by Crippen LogP contribution is -1.97. The molecule has 3 aromatic rings. The molecule has 2 aromatic carbocycles. The molecule has 3 rings (SSSR count). The number of benzene rings is 2. The van der Waals surface area contributed by atoms with Gasteiger partial charge in [0.2, 0.25) is 5.28 Å². The largest absolute Gasteiger partial charge is 0.226 e. The maximum Gasteiger partial charge on any atom is 0.226 e. The van der Waals surface area contributed by atoms with Crippen LogP contribution in [-0.2, 0) is 0 Å². The molecule has 0 aliphatic heterocycles. The van der Waals surface area contributed by atoms with Crippen LogP contribution in [0.25, 0.3) is 22.8 Å². The summed E-state index contributed by atoms with van der Waals surface area (Å²) >= 11 is 5.90. The Labute approximate surface area is 124 Å². The first-order chi connectivity index (χ1) is 10.1. The summed E-state index contributed by atoms with van der Waals surface area (Å²) in [5.41, 5.74) is 1.23. The van der Waals surface area contributed by atoms with Gasteiger partial charge in [0.1, 0.15) is 11.6 Å². The molecule has 104 valence electrons. The number of nitrogens with zero attached hydrogens (tertiary/aromatic N) is 3. The summed E-state index contributed by atoms with van der Waals surface area (Å²) in [4.78, 5) is 12.3. The first kappa shape index (κ1) is 13.6. The second-order valence-corrected chi connectivity index (χ2v) is 4.60. The van der Waals surface area contributed by atoms with Crippen molar-refractivity contribution in [1.29, 1.82) is 0 Å². The van der Waals surface area contributed by atoms with Crippen LogP contribution in [0.3, 0.4) is 0 Å². The molecule has 0 radical (unpaired) electrons. The van der Waals surface area contributed by atoms with E-state index in [9.17, 15) is 8.78 Å². The van der Waals surface area contributed by atoms with Crippen LogP contribution in [0.5, 0.6) is 0 Å². The number of halogens is 3. The van der Waals surface area contributed by atoms with E-state index in [1.807, 2.05) is 0 Å². The van der Waals surface area contributed by atoms with Crippen LogP contribution in [0.15, 0.2) is 48.5 Å². The molecule has 21 heavy (non-hydrogen) atoms. The van der Waals surface area contributed by atoms with E-state index >= 15 is 0 Å². The molecule has 3 nitrogen and oxygen atoms in total. The van der Waals surface area contributed by atoms with Gasteiger partial charge >= 0.3 is 0 Å². The molecule has 0 atom stereocenters. The Hall–Kier alpha value is -2.40. The Morgan fingerprint density at radius 1 is 0.619 bits per heavy atom. The third-order valence-corrected chi connectivity index (χ3v) is 2.98. The lowest BCUT2D eigenvalue weighted by molar-refractivity contribution is 0.627. The summed E-state index contributed by atoms with van der Waals surface area (Å²) in [7, 11) is 0. The average molecular weight is 304 g/mol. The van der Waals surface area contributed by atoms with Gasteiger partial charge in [0.05, 0.1) is 0 Å². The van der Waals surface area contributed by atoms with Gasteiger partial charge < -0.3 is 0 Å². The van der Waals surface area contributed by atoms with Crippen LogP contribution in [0.2, 0.25) is 5.28 Å². The Morgan fingerprint density at radius 3 is 1.38 bits per heavy atom. The molecule has 0 saturated carbocycles. The number of aromatic nitrogens is 3. The fourth-order valence-corrected chi connectivity index (χ4v) is 1.97. The minimum absolute atomic E-state index is 0.0173. The third kappa shape index (κ3) is 3.03. The fraction of sp³-hybridized carbons (Fsp3) is 0. The quantitative estimate of drug-likeness (QED) is 0.714. The van der Waals surface area contributed by atoms with Crippen molar-refractivity contribution in [1.82, 2.24) is 15.0 Å². The van der Waals surface area contributed by atoms with Crippen molar-refractivity contribution in [3.8, 4) is 22.8 Å². The summed E-state index contributed by atoms with van der Waals surface area (Å²) in [6.45, 7) is 0. The summed E-state index contributed by atoms with van der Waals surface area (Å²) in [6, 6.07) is 11.4. The predicted molar refractivity (Wildman–Crippen MR) is 75.6 cm³/mol. The van der Waals surface area contributed by atoms with E-state index in [1.165, 1.54) is 24.3 Å². The Bertz CT molecular complexity index is 710. The van der Waals surface area contributed by atoms with Gasteiger partial charge in [0, 0.05) is 11.1 Å². The summed E-state index contributed by atoms with van der Waals surface area (Å²) in [5, 5.41) is 0.0173. The standard InChI is InChI=1S/C15H8ClF2N3/c16-15-20-13(9-1-5-11(17)6-2-9)19-14(21-15)10-3-7-12(18)8-4-10/h1-8H. The fourth-order valence-electron chi connectivity index (χ4n) is 1.81. The van der Waals surface area contributed by atoms with Crippen LogP contribution >= 0.6 is 11.6 Å². The number of hydrogen-bond donors (Lipinski definition) is 0. The highest BCUT2D eigenvalue weighted by Gasteiger charge is 2.09. The molecule has 6 heteroatoms. The van der Waals surface area contributed by atoms with Crippen molar-refractivity contribution in [3.63, 3.8) is 0 Å². The summed E-state index contributed by atoms with van der Waals surface area (Å²) < 4.78 is 25.9. The van der Waals surface area contributed by atoms with Crippen molar-refractivity contribution in [2.75, 3.05) is 0 Å². The molecule has 0 aliphatic rings. The monoisotopic (exact) mass is 303 g/mol. The van der Waals surface area contributed by atoms with Gasteiger partial charge in [-0.2, -0.15) is 9.97 Å². The molecule has 0 bridgehead atoms. The van der Waals surface area contributed by atoms with E-state index in [0.29, 0.717) is 22.8 Å². The minimum Gasteiger partial charge on any atom is -0.208 e. The van der Waals surface area contributed by atoms with Crippen LogP contribution in [-0.4, -0.2) is 15.0 Å². The topological polar surface area (TPSA) is 38.7 Å². The van der Waals surface area contributed by atoms with E-state index in [4.69, 9.17) is 11.6 Å². The highest BCUT2D eigenvalue weighted by Crippen LogP contribution is 2.22. The maximum absolute atomic E-state index is 12.9. The summed E-state index contributed by atoms with van der Waals surface area (Å²) in [5.74, 6) is -0.0426. The van der Waals surface area contributed by atoms with Gasteiger partial charge in [0.15, 0.2) is 11.6 Å². The summed E-state index contributed by atoms with van der Waals surface area (Å²) in [6.07, 6.45) is 0. The number of rotatable bonds is 2. The van der Waals surface area contributed by atoms with Gasteiger partial charge in [-0.05, 0) is 60.1 Å². The van der Waals surface area contributed by atoms with Crippen molar-refractivity contribution in [2.45, 2.75) is 0 Å². The highest BCUT2D eigenvalue weighted by molar-refractivity contribution is 6.28. The second-order valence-electron chi connectivity index (χ2n) is 4.27. The number of hydrogen-bond acceptors (Lipinski definition) is 3. The first-order valence-corrected chi connectivity index (χ1v) is 6.43. The zero-order valence-electron chi connectivity index (χ0n) is 10.6. The van der Waals surface area contributed by atoms with Crippen LogP contribution < -0.4 is 0 Å². The molecule has 0 N–H and O–H groups in total. The molecule has 1 aromatic heterocycles. The van der Waals surface area contributed by atoms with Crippen molar-refractivity contribution in [2.24, 2.45) is 0 Å². The third-order valence-electron chi connectivity index (χ3n) is 2.81. The smallest absolute Gasteiger partial charge is 0.208 e. The molecule has 0 unspecified atom stereocenters.